The van der Waals surface area contributed by atoms with Gasteiger partial charge in [-0.1, -0.05) is 18.2 Å². The van der Waals surface area contributed by atoms with Gasteiger partial charge in [-0.3, -0.25) is 5.21 Å². The number of nitrogen functional groups attached to an aromatic ring is 1. The van der Waals surface area contributed by atoms with Gasteiger partial charge in [-0.05, 0) is 36.4 Å². The molecule has 0 saturated carbocycles. The van der Waals surface area contributed by atoms with Crippen LogP contribution in [0.2, 0.25) is 0 Å². The molecule has 3 aromatic rings. The number of hydrogen-bond acceptors (Lipinski definition) is 4. The van der Waals surface area contributed by atoms with E-state index >= 15 is 0 Å². The Morgan fingerprint density at radius 3 is 2.65 bits per heavy atom. The number of rotatable bonds is 2. The topological polar surface area (TPSA) is 83.8 Å². The van der Waals surface area contributed by atoms with Crippen LogP contribution in [0.4, 0.5) is 11.4 Å². The number of furan rings is 1. The minimum atomic E-state index is 0.242. The molecular formula is C15H13N3O2. The third kappa shape index (κ3) is 2.34. The molecule has 4 N–H and O–H groups in total. The van der Waals surface area contributed by atoms with E-state index in [0.717, 1.165) is 5.39 Å². The van der Waals surface area contributed by atoms with Crippen molar-refractivity contribution in [2.45, 2.75) is 0 Å². The van der Waals surface area contributed by atoms with E-state index < -0.39 is 0 Å². The van der Waals surface area contributed by atoms with Crippen molar-refractivity contribution >= 4 is 28.2 Å². The number of nitrogens with two attached hydrogens (primary N) is 1. The molecule has 0 aliphatic rings. The van der Waals surface area contributed by atoms with Gasteiger partial charge in [0.15, 0.2) is 11.6 Å². The molecule has 100 valence electrons. The summed E-state index contributed by atoms with van der Waals surface area (Å²) in [6.45, 7) is 0. The second-order valence-corrected chi connectivity index (χ2v) is 4.32. The smallest absolute Gasteiger partial charge is 0.193 e. The minimum Gasteiger partial charge on any atom is -0.453 e. The number of nitrogens with zero attached hydrogens (tertiary/aromatic N) is 1. The first-order valence-electron chi connectivity index (χ1n) is 6.09. The van der Waals surface area contributed by atoms with Crippen molar-refractivity contribution in [1.29, 1.82) is 0 Å². The van der Waals surface area contributed by atoms with Crippen LogP contribution in [0, 0.1) is 0 Å². The maximum atomic E-state index is 9.26. The predicted octanol–water partition coefficient (Wildman–Crippen LogP) is 3.07. The Morgan fingerprint density at radius 1 is 1.10 bits per heavy atom. The van der Waals surface area contributed by atoms with Crippen LogP contribution in [-0.4, -0.2) is 11.0 Å². The van der Waals surface area contributed by atoms with Crippen LogP contribution in [0.5, 0.6) is 0 Å². The third-order valence-electron chi connectivity index (χ3n) is 2.88. The highest BCUT2D eigenvalue weighted by Crippen LogP contribution is 2.22. The first-order valence-corrected chi connectivity index (χ1v) is 6.09. The molecule has 5 heteroatoms. The summed E-state index contributed by atoms with van der Waals surface area (Å²) in [4.78, 5) is 4.30. The van der Waals surface area contributed by atoms with E-state index in [1.807, 2.05) is 30.3 Å². The van der Waals surface area contributed by atoms with Crippen molar-refractivity contribution in [2.24, 2.45) is 4.99 Å². The lowest BCUT2D eigenvalue weighted by Crippen LogP contribution is -2.19. The average molecular weight is 267 g/mol. The molecule has 1 aromatic heterocycles. The second-order valence-electron chi connectivity index (χ2n) is 4.32. The number of hydrogen-bond donors (Lipinski definition) is 3. The van der Waals surface area contributed by atoms with E-state index in [0.29, 0.717) is 22.7 Å². The first-order chi connectivity index (χ1) is 9.76. The first kappa shape index (κ1) is 12.3. The van der Waals surface area contributed by atoms with Crippen LogP contribution in [0.1, 0.15) is 5.76 Å². The fourth-order valence-corrected chi connectivity index (χ4v) is 1.95. The maximum Gasteiger partial charge on any atom is 0.193 e. The van der Waals surface area contributed by atoms with Crippen LogP contribution in [0.15, 0.2) is 64.0 Å². The summed E-state index contributed by atoms with van der Waals surface area (Å²) < 4.78 is 5.64. The van der Waals surface area contributed by atoms with Crippen LogP contribution in [0.25, 0.3) is 11.0 Å². The van der Waals surface area contributed by atoms with Crippen LogP contribution < -0.4 is 11.2 Å². The largest absolute Gasteiger partial charge is 0.453 e. The van der Waals surface area contributed by atoms with Gasteiger partial charge >= 0.3 is 0 Å². The molecule has 3 rings (SSSR count). The number of hydroxylamine groups is 1. The summed E-state index contributed by atoms with van der Waals surface area (Å²) in [6, 6.07) is 16.4. The van der Waals surface area contributed by atoms with E-state index in [9.17, 15) is 5.21 Å². The maximum absolute atomic E-state index is 9.26. The fraction of sp³-hybridized carbons (Fsp3) is 0. The molecule has 5 nitrogen and oxygen atoms in total. The van der Waals surface area contributed by atoms with Crippen molar-refractivity contribution in [1.82, 2.24) is 5.48 Å². The van der Waals surface area contributed by atoms with Gasteiger partial charge in [-0.15, -0.1) is 0 Å². The Hall–Kier alpha value is -2.79. The number of aliphatic imine (C=N–C) groups is 1. The molecule has 0 aliphatic carbocycles. The Bertz CT molecular complexity index is 763. The van der Waals surface area contributed by atoms with Crippen LogP contribution in [0.3, 0.4) is 0 Å². The average Bonchev–Trinajstić information content (AvgIpc) is 2.88. The van der Waals surface area contributed by atoms with Crippen LogP contribution >= 0.6 is 0 Å². The number of nitrogens with one attached hydrogen (secondary N) is 1. The van der Waals surface area contributed by atoms with Gasteiger partial charge in [-0.2, -0.15) is 0 Å². The quantitative estimate of drug-likeness (QED) is 0.288. The van der Waals surface area contributed by atoms with Gasteiger partial charge in [0.05, 0.1) is 5.69 Å². The summed E-state index contributed by atoms with van der Waals surface area (Å²) in [6.07, 6.45) is 0. The predicted molar refractivity (Wildman–Crippen MR) is 78.2 cm³/mol. The summed E-state index contributed by atoms with van der Waals surface area (Å²) in [5, 5.41) is 10.1. The summed E-state index contributed by atoms with van der Waals surface area (Å²) in [5.74, 6) is 0.683. The van der Waals surface area contributed by atoms with Gasteiger partial charge in [0, 0.05) is 11.1 Å². The molecule has 0 spiro atoms. The molecule has 0 unspecified atom stereocenters. The van der Waals surface area contributed by atoms with Crippen molar-refractivity contribution in [3.63, 3.8) is 0 Å². The normalized spacial score (nSPS) is 11.8. The number of anilines is 1. The van der Waals surface area contributed by atoms with Crippen molar-refractivity contribution in [3.05, 3.63) is 60.4 Å². The van der Waals surface area contributed by atoms with E-state index in [2.05, 4.69) is 10.5 Å². The molecule has 20 heavy (non-hydrogen) atoms. The molecule has 0 atom stereocenters. The van der Waals surface area contributed by atoms with Crippen LogP contribution in [-0.2, 0) is 0 Å². The lowest BCUT2D eigenvalue weighted by Gasteiger charge is -2.00. The number of fused-ring (bicyclic) bond motifs is 1. The van der Waals surface area contributed by atoms with Crippen molar-refractivity contribution in [3.8, 4) is 0 Å². The number of amidine groups is 1. The Labute approximate surface area is 115 Å². The van der Waals surface area contributed by atoms with E-state index in [1.165, 1.54) is 0 Å². The monoisotopic (exact) mass is 267 g/mol. The van der Waals surface area contributed by atoms with Crippen molar-refractivity contribution in [2.75, 3.05) is 5.73 Å². The Balaban J connectivity index is 2.05. The van der Waals surface area contributed by atoms with Crippen molar-refractivity contribution < 1.29 is 9.62 Å². The highest BCUT2D eigenvalue weighted by Gasteiger charge is 2.10. The molecular weight excluding hydrogens is 254 g/mol. The lowest BCUT2D eigenvalue weighted by atomic mass is 10.2. The molecule has 0 bridgehead atoms. The SMILES string of the molecule is Nc1ccc2oc(C(=Nc3ccccc3)NO)cc2c1. The molecule has 0 aliphatic heterocycles. The molecule has 0 radical (unpaired) electrons. The standard InChI is InChI=1S/C15H13N3O2/c16-11-6-7-13-10(8-11)9-14(20-13)15(18-19)17-12-4-2-1-3-5-12/h1-9,19H,16H2,(H,17,18). The van der Waals surface area contributed by atoms with Gasteiger partial charge < -0.3 is 10.2 Å². The van der Waals surface area contributed by atoms with Gasteiger partial charge in [0.25, 0.3) is 0 Å². The second kappa shape index (κ2) is 5.07. The third-order valence-corrected chi connectivity index (χ3v) is 2.88. The minimum absolute atomic E-state index is 0.242. The number of para-hydroxylation sites is 1. The van der Waals surface area contributed by atoms with E-state index in [1.54, 1.807) is 24.3 Å². The van der Waals surface area contributed by atoms with Gasteiger partial charge in [-0.25, -0.2) is 10.5 Å². The summed E-state index contributed by atoms with van der Waals surface area (Å²) in [5.41, 5.74) is 9.85. The zero-order valence-corrected chi connectivity index (χ0v) is 10.6. The lowest BCUT2D eigenvalue weighted by molar-refractivity contribution is 0.233. The highest BCUT2D eigenvalue weighted by molar-refractivity contribution is 6.00. The van der Waals surface area contributed by atoms with E-state index in [4.69, 9.17) is 10.2 Å². The molecule has 2 aromatic carbocycles. The zero-order valence-electron chi connectivity index (χ0n) is 10.6. The van der Waals surface area contributed by atoms with Gasteiger partial charge in [0.2, 0.25) is 0 Å². The highest BCUT2D eigenvalue weighted by atomic mass is 16.5. The summed E-state index contributed by atoms with van der Waals surface area (Å²) in [7, 11) is 0. The molecule has 0 fully saturated rings. The fourth-order valence-electron chi connectivity index (χ4n) is 1.95. The van der Waals surface area contributed by atoms with Gasteiger partial charge in [0.1, 0.15) is 5.58 Å². The summed E-state index contributed by atoms with van der Waals surface area (Å²) >= 11 is 0. The molecule has 0 saturated heterocycles. The Morgan fingerprint density at radius 2 is 1.90 bits per heavy atom. The molecule has 0 amide bonds. The molecule has 1 heterocycles. The van der Waals surface area contributed by atoms with E-state index in [-0.39, 0.29) is 5.84 Å². The zero-order chi connectivity index (χ0) is 13.9. The number of benzene rings is 2. The Kier molecular flexibility index (Phi) is 3.10.